The van der Waals surface area contributed by atoms with Crippen LogP contribution < -0.4 is 5.32 Å². The number of hydrogen-bond donors (Lipinski definition) is 2. The summed E-state index contributed by atoms with van der Waals surface area (Å²) < 4.78 is 0. The van der Waals surface area contributed by atoms with Crippen molar-refractivity contribution >= 4 is 17.3 Å². The van der Waals surface area contributed by atoms with E-state index in [0.717, 1.165) is 44.7 Å². The van der Waals surface area contributed by atoms with Crippen LogP contribution >= 0.6 is 11.3 Å². The lowest BCUT2D eigenvalue weighted by Gasteiger charge is -2.39. The normalized spacial score (nSPS) is 26.0. The van der Waals surface area contributed by atoms with Crippen LogP contribution in [0.2, 0.25) is 0 Å². The minimum Gasteiger partial charge on any atom is -0.392 e. The van der Waals surface area contributed by atoms with Gasteiger partial charge in [0, 0.05) is 37.5 Å². The zero-order chi connectivity index (χ0) is 16.0. The fourth-order valence-electron chi connectivity index (χ4n) is 3.09. The van der Waals surface area contributed by atoms with Crippen molar-refractivity contribution in [1.29, 1.82) is 0 Å². The van der Waals surface area contributed by atoms with Gasteiger partial charge in [-0.3, -0.25) is 4.99 Å². The summed E-state index contributed by atoms with van der Waals surface area (Å²) in [5.74, 6) is 0.913. The third-order valence-corrected chi connectivity index (χ3v) is 5.71. The molecule has 2 rings (SSSR count). The van der Waals surface area contributed by atoms with Gasteiger partial charge in [-0.25, -0.2) is 0 Å². The molecule has 1 aliphatic carbocycles. The summed E-state index contributed by atoms with van der Waals surface area (Å²) in [7, 11) is 3.90. The maximum Gasteiger partial charge on any atom is 0.193 e. The summed E-state index contributed by atoms with van der Waals surface area (Å²) in [5, 5.41) is 15.9. The highest BCUT2D eigenvalue weighted by molar-refractivity contribution is 7.09. The number of hydrogen-bond acceptors (Lipinski definition) is 3. The number of aliphatic hydroxyl groups is 1. The Labute approximate surface area is 138 Å². The van der Waals surface area contributed by atoms with Gasteiger partial charge < -0.3 is 15.3 Å². The SMILES string of the molecule is CN=C(NCC1(C)CCCCC1O)N(C)CCc1cccs1. The van der Waals surface area contributed by atoms with E-state index in [9.17, 15) is 5.11 Å². The largest absolute Gasteiger partial charge is 0.392 e. The Morgan fingerprint density at radius 1 is 1.55 bits per heavy atom. The van der Waals surface area contributed by atoms with Crippen molar-refractivity contribution in [3.05, 3.63) is 22.4 Å². The first-order chi connectivity index (χ1) is 10.5. The summed E-state index contributed by atoms with van der Waals surface area (Å²) in [6.45, 7) is 3.91. The molecular formula is C17H29N3OS. The molecule has 1 aliphatic rings. The van der Waals surface area contributed by atoms with Crippen molar-refractivity contribution in [3.8, 4) is 0 Å². The molecule has 0 radical (unpaired) electrons. The highest BCUT2D eigenvalue weighted by Crippen LogP contribution is 2.35. The molecule has 0 aromatic carbocycles. The van der Waals surface area contributed by atoms with Gasteiger partial charge in [-0.15, -0.1) is 11.3 Å². The van der Waals surface area contributed by atoms with E-state index in [-0.39, 0.29) is 11.5 Å². The number of likely N-dealkylation sites (N-methyl/N-ethyl adjacent to an activating group) is 1. The zero-order valence-corrected chi connectivity index (χ0v) is 14.8. The van der Waals surface area contributed by atoms with Gasteiger partial charge in [0.2, 0.25) is 0 Å². The van der Waals surface area contributed by atoms with Crippen LogP contribution in [-0.4, -0.2) is 49.3 Å². The molecule has 124 valence electrons. The third-order valence-electron chi connectivity index (χ3n) is 4.78. The number of thiophene rings is 1. The molecule has 1 aromatic heterocycles. The monoisotopic (exact) mass is 323 g/mol. The number of aliphatic imine (C=N–C) groups is 1. The lowest BCUT2D eigenvalue weighted by atomic mass is 9.73. The van der Waals surface area contributed by atoms with Gasteiger partial charge in [0.05, 0.1) is 6.10 Å². The molecule has 0 aliphatic heterocycles. The molecular weight excluding hydrogens is 294 g/mol. The second-order valence-electron chi connectivity index (χ2n) is 6.57. The molecule has 5 heteroatoms. The van der Waals surface area contributed by atoms with Crippen LogP contribution in [0.1, 0.15) is 37.5 Å². The van der Waals surface area contributed by atoms with Gasteiger partial charge in [0.25, 0.3) is 0 Å². The fourth-order valence-corrected chi connectivity index (χ4v) is 3.79. The second-order valence-corrected chi connectivity index (χ2v) is 7.60. The van der Waals surface area contributed by atoms with Crippen molar-refractivity contribution in [2.45, 2.75) is 45.1 Å². The van der Waals surface area contributed by atoms with E-state index >= 15 is 0 Å². The first-order valence-corrected chi connectivity index (χ1v) is 9.05. The predicted octanol–water partition coefficient (Wildman–Crippen LogP) is 2.74. The standard InChI is InChI=1S/C17H29N3OS/c1-17(10-5-4-8-15(17)21)13-19-16(18-2)20(3)11-9-14-7-6-12-22-14/h6-7,12,15,21H,4-5,8-11,13H2,1-3H3,(H,18,19). The van der Waals surface area contributed by atoms with Crippen molar-refractivity contribution in [3.63, 3.8) is 0 Å². The molecule has 22 heavy (non-hydrogen) atoms. The lowest BCUT2D eigenvalue weighted by molar-refractivity contribution is 0.00371. The molecule has 0 saturated heterocycles. The van der Waals surface area contributed by atoms with E-state index in [0.29, 0.717) is 0 Å². The second kappa shape index (κ2) is 7.97. The number of aliphatic hydroxyl groups excluding tert-OH is 1. The summed E-state index contributed by atoms with van der Waals surface area (Å²) in [5.41, 5.74) is -0.0389. The van der Waals surface area contributed by atoms with Crippen LogP contribution in [0.5, 0.6) is 0 Å². The van der Waals surface area contributed by atoms with Gasteiger partial charge >= 0.3 is 0 Å². The summed E-state index contributed by atoms with van der Waals surface area (Å²) >= 11 is 1.80. The van der Waals surface area contributed by atoms with Gasteiger partial charge in [0.1, 0.15) is 0 Å². The predicted molar refractivity (Wildman–Crippen MR) is 94.6 cm³/mol. The van der Waals surface area contributed by atoms with Gasteiger partial charge in [0.15, 0.2) is 5.96 Å². The van der Waals surface area contributed by atoms with Crippen molar-refractivity contribution in [2.75, 3.05) is 27.2 Å². The minimum absolute atomic E-state index is 0.0389. The van der Waals surface area contributed by atoms with Gasteiger partial charge in [-0.05, 0) is 30.7 Å². The molecule has 2 N–H and O–H groups in total. The summed E-state index contributed by atoms with van der Waals surface area (Å²) in [6, 6.07) is 4.27. The quantitative estimate of drug-likeness (QED) is 0.647. The Morgan fingerprint density at radius 2 is 2.36 bits per heavy atom. The van der Waals surface area contributed by atoms with Crippen LogP contribution in [0.25, 0.3) is 0 Å². The van der Waals surface area contributed by atoms with E-state index in [1.54, 1.807) is 11.3 Å². The first kappa shape index (κ1) is 17.3. The number of guanidine groups is 1. The van der Waals surface area contributed by atoms with Crippen LogP contribution in [0.15, 0.2) is 22.5 Å². The Bertz CT molecular complexity index is 474. The van der Waals surface area contributed by atoms with E-state index in [1.165, 1.54) is 11.3 Å². The van der Waals surface area contributed by atoms with Gasteiger partial charge in [-0.1, -0.05) is 25.8 Å². The fraction of sp³-hybridized carbons (Fsp3) is 0.706. The van der Waals surface area contributed by atoms with Crippen LogP contribution in [0, 0.1) is 5.41 Å². The molecule has 2 unspecified atom stereocenters. The highest BCUT2D eigenvalue weighted by Gasteiger charge is 2.35. The molecule has 0 spiro atoms. The van der Waals surface area contributed by atoms with Crippen molar-refractivity contribution in [2.24, 2.45) is 10.4 Å². The number of nitrogens with zero attached hydrogens (tertiary/aromatic N) is 2. The van der Waals surface area contributed by atoms with Crippen molar-refractivity contribution in [1.82, 2.24) is 10.2 Å². The Balaban J connectivity index is 1.83. The number of rotatable bonds is 5. The topological polar surface area (TPSA) is 47.9 Å². The summed E-state index contributed by atoms with van der Waals surface area (Å²) in [4.78, 5) is 7.95. The number of nitrogens with one attached hydrogen (secondary N) is 1. The summed E-state index contributed by atoms with van der Waals surface area (Å²) in [6.07, 6.45) is 5.19. The molecule has 0 bridgehead atoms. The lowest BCUT2D eigenvalue weighted by Crippen LogP contribution is -2.49. The van der Waals surface area contributed by atoms with E-state index < -0.39 is 0 Å². The molecule has 1 fully saturated rings. The average molecular weight is 324 g/mol. The maximum atomic E-state index is 10.3. The molecule has 1 aromatic rings. The first-order valence-electron chi connectivity index (χ1n) is 8.17. The Kier molecular flexibility index (Phi) is 6.26. The molecule has 0 amide bonds. The van der Waals surface area contributed by atoms with Crippen molar-refractivity contribution < 1.29 is 5.11 Å². The van der Waals surface area contributed by atoms with E-state index in [4.69, 9.17) is 0 Å². The zero-order valence-electron chi connectivity index (χ0n) is 14.0. The Hall–Kier alpha value is -1.07. The Morgan fingerprint density at radius 3 is 3.00 bits per heavy atom. The molecule has 4 nitrogen and oxygen atoms in total. The van der Waals surface area contributed by atoms with Gasteiger partial charge in [-0.2, -0.15) is 0 Å². The average Bonchev–Trinajstić information content (AvgIpc) is 3.02. The molecule has 1 saturated carbocycles. The molecule has 2 atom stereocenters. The van der Waals surface area contributed by atoms with Crippen LogP contribution in [-0.2, 0) is 6.42 Å². The molecule has 1 heterocycles. The van der Waals surface area contributed by atoms with E-state index in [1.807, 2.05) is 7.05 Å². The minimum atomic E-state index is -0.205. The third kappa shape index (κ3) is 4.46. The van der Waals surface area contributed by atoms with Crippen LogP contribution in [0.3, 0.4) is 0 Å². The van der Waals surface area contributed by atoms with E-state index in [2.05, 4.69) is 46.7 Å². The van der Waals surface area contributed by atoms with Crippen LogP contribution in [0.4, 0.5) is 0 Å². The smallest absolute Gasteiger partial charge is 0.193 e. The highest BCUT2D eigenvalue weighted by atomic mass is 32.1. The maximum absolute atomic E-state index is 10.3.